The highest BCUT2D eigenvalue weighted by Crippen LogP contribution is 2.23. The van der Waals surface area contributed by atoms with Crippen LogP contribution in [0.15, 0.2) is 71.8 Å². The summed E-state index contributed by atoms with van der Waals surface area (Å²) in [6, 6.07) is 16.7. The SMILES string of the molecule is CCCCCCCc1ccc(C(=O)Oc2ccc(/C=N\NC(=O)c3ccc(F)cc3)c(O)c2)cc1. The number of unbranched alkanes of at least 4 members (excludes halogenated alkanes) is 4. The fourth-order valence-corrected chi connectivity index (χ4v) is 3.43. The van der Waals surface area contributed by atoms with Crippen LogP contribution in [0.3, 0.4) is 0 Å². The standard InChI is InChI=1S/C28H29FN2O4/c1-2-3-4-5-6-7-20-8-10-22(11-9-20)28(34)35-25-17-14-23(26(32)18-25)19-30-31-27(33)21-12-15-24(29)16-13-21/h8-19,32H,2-7H2,1H3,(H,31,33)/b30-19-. The fourth-order valence-electron chi connectivity index (χ4n) is 3.43. The predicted molar refractivity (Wildman–Crippen MR) is 133 cm³/mol. The Kier molecular flexibility index (Phi) is 9.54. The molecule has 3 aromatic carbocycles. The van der Waals surface area contributed by atoms with Crippen molar-refractivity contribution in [1.82, 2.24) is 5.43 Å². The number of hydrazone groups is 1. The number of esters is 1. The van der Waals surface area contributed by atoms with Gasteiger partial charge in [-0.2, -0.15) is 5.10 Å². The Morgan fingerprint density at radius 2 is 1.63 bits per heavy atom. The van der Waals surface area contributed by atoms with Gasteiger partial charge >= 0.3 is 5.97 Å². The molecule has 182 valence electrons. The van der Waals surface area contributed by atoms with E-state index in [4.69, 9.17) is 4.74 Å². The van der Waals surface area contributed by atoms with E-state index in [2.05, 4.69) is 17.5 Å². The molecule has 7 heteroatoms. The molecular weight excluding hydrogens is 447 g/mol. The van der Waals surface area contributed by atoms with Crippen molar-refractivity contribution in [3.05, 3.63) is 94.8 Å². The maximum absolute atomic E-state index is 12.9. The second-order valence-corrected chi connectivity index (χ2v) is 8.18. The zero-order chi connectivity index (χ0) is 25.0. The Morgan fingerprint density at radius 1 is 0.943 bits per heavy atom. The quantitative estimate of drug-likeness (QED) is 0.116. The molecule has 0 aromatic heterocycles. The van der Waals surface area contributed by atoms with E-state index in [1.165, 1.54) is 79.9 Å². The zero-order valence-electron chi connectivity index (χ0n) is 19.7. The van der Waals surface area contributed by atoms with Crippen LogP contribution < -0.4 is 10.2 Å². The third-order valence-corrected chi connectivity index (χ3v) is 5.45. The Balaban J connectivity index is 1.51. The number of carbonyl (C=O) groups is 2. The summed E-state index contributed by atoms with van der Waals surface area (Å²) in [5.41, 5.74) is 4.47. The van der Waals surface area contributed by atoms with Gasteiger partial charge < -0.3 is 9.84 Å². The molecule has 0 aliphatic carbocycles. The average Bonchev–Trinajstić information content (AvgIpc) is 2.86. The highest BCUT2D eigenvalue weighted by molar-refractivity contribution is 5.95. The molecule has 0 saturated heterocycles. The number of aryl methyl sites for hydroxylation is 1. The van der Waals surface area contributed by atoms with Crippen LogP contribution >= 0.6 is 0 Å². The number of rotatable bonds is 11. The lowest BCUT2D eigenvalue weighted by Gasteiger charge is -2.07. The van der Waals surface area contributed by atoms with Gasteiger partial charge in [0.15, 0.2) is 0 Å². The summed E-state index contributed by atoms with van der Waals surface area (Å²) < 4.78 is 18.3. The molecule has 3 aromatic rings. The minimum Gasteiger partial charge on any atom is -0.507 e. The van der Waals surface area contributed by atoms with Gasteiger partial charge in [-0.25, -0.2) is 14.6 Å². The van der Waals surface area contributed by atoms with Crippen LogP contribution in [0.25, 0.3) is 0 Å². The number of halogens is 1. The monoisotopic (exact) mass is 476 g/mol. The van der Waals surface area contributed by atoms with Crippen LogP contribution in [0.4, 0.5) is 4.39 Å². The largest absolute Gasteiger partial charge is 0.507 e. The van der Waals surface area contributed by atoms with Crippen molar-refractivity contribution in [2.24, 2.45) is 5.10 Å². The Morgan fingerprint density at radius 3 is 2.31 bits per heavy atom. The molecule has 0 aliphatic heterocycles. The lowest BCUT2D eigenvalue weighted by molar-refractivity contribution is 0.0734. The van der Waals surface area contributed by atoms with E-state index in [9.17, 15) is 19.1 Å². The number of ether oxygens (including phenoxy) is 1. The van der Waals surface area contributed by atoms with E-state index in [0.29, 0.717) is 11.1 Å². The number of nitrogens with one attached hydrogen (secondary N) is 1. The Bertz CT molecular complexity index is 1160. The molecule has 0 radical (unpaired) electrons. The van der Waals surface area contributed by atoms with Crippen LogP contribution in [0.2, 0.25) is 0 Å². The minimum atomic E-state index is -0.521. The van der Waals surface area contributed by atoms with Crippen LogP contribution in [0.5, 0.6) is 11.5 Å². The van der Waals surface area contributed by atoms with Gasteiger partial charge in [-0.3, -0.25) is 4.79 Å². The van der Waals surface area contributed by atoms with Crippen LogP contribution in [-0.2, 0) is 6.42 Å². The molecule has 35 heavy (non-hydrogen) atoms. The first-order valence-corrected chi connectivity index (χ1v) is 11.7. The van der Waals surface area contributed by atoms with E-state index in [-0.39, 0.29) is 17.1 Å². The summed E-state index contributed by atoms with van der Waals surface area (Å²) in [5, 5.41) is 14.0. The van der Waals surface area contributed by atoms with Gasteiger partial charge in [-0.15, -0.1) is 0 Å². The molecule has 0 heterocycles. The molecule has 0 fully saturated rings. The molecule has 0 bridgehead atoms. The summed E-state index contributed by atoms with van der Waals surface area (Å²) in [6.07, 6.45) is 8.33. The van der Waals surface area contributed by atoms with E-state index in [1.807, 2.05) is 12.1 Å². The maximum Gasteiger partial charge on any atom is 0.343 e. The lowest BCUT2D eigenvalue weighted by atomic mass is 10.0. The van der Waals surface area contributed by atoms with Gasteiger partial charge in [0, 0.05) is 17.2 Å². The first-order chi connectivity index (χ1) is 17.0. The normalized spacial score (nSPS) is 10.9. The molecule has 0 atom stereocenters. The third kappa shape index (κ3) is 8.07. The van der Waals surface area contributed by atoms with Gasteiger partial charge in [0.2, 0.25) is 0 Å². The fraction of sp³-hybridized carbons (Fsp3) is 0.250. The second kappa shape index (κ2) is 13.0. The van der Waals surface area contributed by atoms with Gasteiger partial charge in [0.1, 0.15) is 17.3 Å². The molecule has 0 unspecified atom stereocenters. The van der Waals surface area contributed by atoms with Crippen molar-refractivity contribution in [3.8, 4) is 11.5 Å². The van der Waals surface area contributed by atoms with Crippen LogP contribution in [0.1, 0.15) is 70.9 Å². The number of carbonyl (C=O) groups excluding carboxylic acids is 2. The van der Waals surface area contributed by atoms with E-state index < -0.39 is 17.7 Å². The number of benzene rings is 3. The van der Waals surface area contributed by atoms with Gasteiger partial charge in [-0.05, 0) is 66.9 Å². The lowest BCUT2D eigenvalue weighted by Crippen LogP contribution is -2.17. The first-order valence-electron chi connectivity index (χ1n) is 11.7. The van der Waals surface area contributed by atoms with Gasteiger partial charge in [0.25, 0.3) is 5.91 Å². The smallest absolute Gasteiger partial charge is 0.343 e. The number of amides is 1. The predicted octanol–water partition coefficient (Wildman–Crippen LogP) is 6.03. The van der Waals surface area contributed by atoms with Gasteiger partial charge in [0.05, 0.1) is 11.8 Å². The van der Waals surface area contributed by atoms with E-state index in [0.717, 1.165) is 12.8 Å². The molecular formula is C28H29FN2O4. The summed E-state index contributed by atoms with van der Waals surface area (Å²) in [6.45, 7) is 2.20. The summed E-state index contributed by atoms with van der Waals surface area (Å²) >= 11 is 0. The Labute approximate surface area is 204 Å². The molecule has 0 aliphatic rings. The minimum absolute atomic E-state index is 0.173. The average molecular weight is 477 g/mol. The molecule has 2 N–H and O–H groups in total. The first kappa shape index (κ1) is 25.6. The maximum atomic E-state index is 12.9. The molecule has 0 spiro atoms. The van der Waals surface area contributed by atoms with Crippen molar-refractivity contribution in [1.29, 1.82) is 0 Å². The number of phenols is 1. The van der Waals surface area contributed by atoms with Crippen molar-refractivity contribution < 1.29 is 23.8 Å². The molecule has 3 rings (SSSR count). The summed E-state index contributed by atoms with van der Waals surface area (Å²) in [4.78, 5) is 24.4. The van der Waals surface area contributed by atoms with E-state index >= 15 is 0 Å². The van der Waals surface area contributed by atoms with Crippen molar-refractivity contribution in [3.63, 3.8) is 0 Å². The van der Waals surface area contributed by atoms with E-state index in [1.54, 1.807) is 12.1 Å². The summed E-state index contributed by atoms with van der Waals surface area (Å²) in [7, 11) is 0. The van der Waals surface area contributed by atoms with Crippen molar-refractivity contribution in [2.75, 3.05) is 0 Å². The van der Waals surface area contributed by atoms with Crippen LogP contribution in [0, 0.1) is 5.82 Å². The number of nitrogens with zero attached hydrogens (tertiary/aromatic N) is 1. The number of phenolic OH excluding ortho intramolecular Hbond substituents is 1. The highest BCUT2D eigenvalue weighted by atomic mass is 19.1. The number of hydrogen-bond acceptors (Lipinski definition) is 5. The second-order valence-electron chi connectivity index (χ2n) is 8.18. The van der Waals surface area contributed by atoms with Crippen LogP contribution in [-0.4, -0.2) is 23.2 Å². The van der Waals surface area contributed by atoms with Crippen molar-refractivity contribution in [2.45, 2.75) is 45.4 Å². The Hall–Kier alpha value is -4.00. The zero-order valence-corrected chi connectivity index (χ0v) is 19.7. The number of aromatic hydroxyl groups is 1. The highest BCUT2D eigenvalue weighted by Gasteiger charge is 2.11. The topological polar surface area (TPSA) is 88.0 Å². The molecule has 6 nitrogen and oxygen atoms in total. The molecule has 1 amide bonds. The third-order valence-electron chi connectivity index (χ3n) is 5.45. The van der Waals surface area contributed by atoms with Crippen molar-refractivity contribution >= 4 is 18.1 Å². The molecule has 0 saturated carbocycles. The summed E-state index contributed by atoms with van der Waals surface area (Å²) in [5.74, 6) is -1.48. The number of hydrogen-bond donors (Lipinski definition) is 2. The van der Waals surface area contributed by atoms with Gasteiger partial charge in [-0.1, -0.05) is 44.7 Å².